The number of aliphatic hydroxyl groups excluding tert-OH is 1. The maximum Gasteiger partial charge on any atom is 0.272 e. The molecule has 29 heavy (non-hydrogen) atoms. The molecule has 2 N–H and O–H groups in total. The van der Waals surface area contributed by atoms with Crippen LogP contribution in [-0.2, 0) is 13.2 Å². The number of carbonyl (C=O) groups excluding carboxylic acids is 1. The van der Waals surface area contributed by atoms with E-state index in [4.69, 9.17) is 10.1 Å². The number of anilines is 2. The molecule has 1 fully saturated rings. The number of rotatable bonds is 6. The van der Waals surface area contributed by atoms with Gasteiger partial charge in [0.05, 0.1) is 18.8 Å². The average Bonchev–Trinajstić information content (AvgIpc) is 3.36. The van der Waals surface area contributed by atoms with Crippen molar-refractivity contribution in [2.45, 2.75) is 32.4 Å². The Bertz CT molecular complexity index is 977. The number of hydrogen-bond acceptors (Lipinski definition) is 5. The van der Waals surface area contributed by atoms with Crippen LogP contribution in [-0.4, -0.2) is 33.7 Å². The number of halogens is 1. The molecule has 3 aromatic rings. The molecule has 0 saturated carbocycles. The maximum atomic E-state index is 12.8. The summed E-state index contributed by atoms with van der Waals surface area (Å²) in [4.78, 5) is 20.0. The lowest BCUT2D eigenvalue weighted by Gasteiger charge is -2.25. The third-order valence-corrected chi connectivity index (χ3v) is 6.37. The summed E-state index contributed by atoms with van der Waals surface area (Å²) in [5, 5.41) is 15.2. The number of nitrogens with one attached hydrogen (secondary N) is 1. The van der Waals surface area contributed by atoms with E-state index >= 15 is 0 Å². The summed E-state index contributed by atoms with van der Waals surface area (Å²) in [7, 11) is 0. The fourth-order valence-electron chi connectivity index (χ4n) is 3.46. The molecule has 152 valence electrons. The molecule has 1 aromatic carbocycles. The molecule has 0 aliphatic carbocycles. The monoisotopic (exact) mass is 474 g/mol. The van der Waals surface area contributed by atoms with E-state index in [1.165, 1.54) is 19.3 Å². The molecule has 1 saturated heterocycles. The van der Waals surface area contributed by atoms with Crippen molar-refractivity contribution in [3.05, 3.63) is 63.3 Å². The summed E-state index contributed by atoms with van der Waals surface area (Å²) in [5.74, 6) is -0.182. The van der Waals surface area contributed by atoms with Gasteiger partial charge in [-0.2, -0.15) is 0 Å². The van der Waals surface area contributed by atoms with E-state index in [-0.39, 0.29) is 12.5 Å². The minimum Gasteiger partial charge on any atom is -0.392 e. The first-order valence-corrected chi connectivity index (χ1v) is 11.4. The molecule has 0 atom stereocenters. The standard InChI is InChI=1S/C21H23BrN4O2S/c22-16-10-19(20(28)23-17-6-4-15(13-27)5-7-17)26(11-16)12-18-14-29-21(24-18)25-8-2-1-3-9-25/h4-7,10-11,14,27H,1-3,8-9,12-13H2,(H,23,28). The molecule has 8 heteroatoms. The molecule has 0 unspecified atom stereocenters. The summed E-state index contributed by atoms with van der Waals surface area (Å²) < 4.78 is 2.76. The summed E-state index contributed by atoms with van der Waals surface area (Å²) in [6.07, 6.45) is 5.66. The Balaban J connectivity index is 1.47. The molecule has 1 aliphatic heterocycles. The zero-order valence-electron chi connectivity index (χ0n) is 16.0. The highest BCUT2D eigenvalue weighted by molar-refractivity contribution is 9.10. The molecule has 0 radical (unpaired) electrons. The van der Waals surface area contributed by atoms with Crippen molar-refractivity contribution in [2.75, 3.05) is 23.3 Å². The number of amides is 1. The predicted molar refractivity (Wildman–Crippen MR) is 120 cm³/mol. The molecular formula is C21H23BrN4O2S. The van der Waals surface area contributed by atoms with E-state index in [0.29, 0.717) is 17.9 Å². The topological polar surface area (TPSA) is 70.4 Å². The summed E-state index contributed by atoms with van der Waals surface area (Å²) in [6, 6.07) is 8.98. The van der Waals surface area contributed by atoms with Crippen molar-refractivity contribution in [2.24, 2.45) is 0 Å². The Labute approximate surface area is 182 Å². The van der Waals surface area contributed by atoms with Crippen LogP contribution in [0.2, 0.25) is 0 Å². The fourth-order valence-corrected chi connectivity index (χ4v) is 4.79. The molecule has 4 rings (SSSR count). The van der Waals surface area contributed by atoms with E-state index in [1.807, 2.05) is 16.8 Å². The Morgan fingerprint density at radius 3 is 2.69 bits per heavy atom. The molecule has 0 bridgehead atoms. The normalized spacial score (nSPS) is 14.2. The Hall–Kier alpha value is -2.16. The minimum atomic E-state index is -0.182. The highest BCUT2D eigenvalue weighted by atomic mass is 79.9. The van der Waals surface area contributed by atoms with Crippen molar-refractivity contribution in [3.8, 4) is 0 Å². The Morgan fingerprint density at radius 1 is 1.21 bits per heavy atom. The van der Waals surface area contributed by atoms with E-state index in [0.717, 1.165) is 34.0 Å². The van der Waals surface area contributed by atoms with Gasteiger partial charge in [-0.15, -0.1) is 11.3 Å². The highest BCUT2D eigenvalue weighted by Gasteiger charge is 2.17. The van der Waals surface area contributed by atoms with Gasteiger partial charge in [0, 0.05) is 34.8 Å². The van der Waals surface area contributed by atoms with Crippen LogP contribution < -0.4 is 10.2 Å². The Kier molecular flexibility index (Phi) is 6.32. The van der Waals surface area contributed by atoms with Crippen molar-refractivity contribution < 1.29 is 9.90 Å². The number of aromatic nitrogens is 2. The van der Waals surface area contributed by atoms with Crippen LogP contribution in [0, 0.1) is 0 Å². The van der Waals surface area contributed by atoms with Crippen LogP contribution in [0.15, 0.2) is 46.4 Å². The number of hydrogen-bond donors (Lipinski definition) is 2. The van der Waals surface area contributed by atoms with Gasteiger partial charge in [0.1, 0.15) is 5.69 Å². The van der Waals surface area contributed by atoms with Crippen molar-refractivity contribution in [1.82, 2.24) is 9.55 Å². The molecule has 2 aromatic heterocycles. The molecule has 1 amide bonds. The van der Waals surface area contributed by atoms with E-state index in [2.05, 4.69) is 31.5 Å². The lowest BCUT2D eigenvalue weighted by Crippen LogP contribution is -2.29. The maximum absolute atomic E-state index is 12.8. The smallest absolute Gasteiger partial charge is 0.272 e. The molecule has 1 aliphatic rings. The number of nitrogens with zero attached hydrogens (tertiary/aromatic N) is 3. The van der Waals surface area contributed by atoms with Gasteiger partial charge in [-0.3, -0.25) is 4.79 Å². The highest BCUT2D eigenvalue weighted by Crippen LogP contribution is 2.25. The van der Waals surface area contributed by atoms with Gasteiger partial charge in [0.2, 0.25) is 0 Å². The van der Waals surface area contributed by atoms with Gasteiger partial charge in [0.15, 0.2) is 5.13 Å². The second-order valence-electron chi connectivity index (χ2n) is 7.15. The van der Waals surface area contributed by atoms with Gasteiger partial charge in [-0.05, 0) is 59.0 Å². The van der Waals surface area contributed by atoms with Crippen LogP contribution >= 0.6 is 27.3 Å². The molecule has 0 spiro atoms. The van der Waals surface area contributed by atoms with Gasteiger partial charge in [0.25, 0.3) is 5.91 Å². The van der Waals surface area contributed by atoms with Crippen molar-refractivity contribution >= 4 is 44.0 Å². The quantitative estimate of drug-likeness (QED) is 0.551. The Morgan fingerprint density at radius 2 is 1.97 bits per heavy atom. The number of carbonyl (C=O) groups is 1. The SMILES string of the molecule is O=C(Nc1ccc(CO)cc1)c1cc(Br)cn1Cc1csc(N2CCCCC2)n1. The zero-order chi connectivity index (χ0) is 20.2. The van der Waals surface area contributed by atoms with Crippen LogP contribution in [0.3, 0.4) is 0 Å². The van der Waals surface area contributed by atoms with E-state index in [9.17, 15) is 4.79 Å². The first-order chi connectivity index (χ1) is 14.1. The average molecular weight is 475 g/mol. The number of benzene rings is 1. The molecule has 3 heterocycles. The van der Waals surface area contributed by atoms with E-state index in [1.54, 1.807) is 35.6 Å². The number of piperidine rings is 1. The molecular weight excluding hydrogens is 452 g/mol. The summed E-state index contributed by atoms with van der Waals surface area (Å²) in [6.45, 7) is 2.68. The minimum absolute atomic E-state index is 0.0168. The number of aliphatic hydroxyl groups is 1. The van der Waals surface area contributed by atoms with Crippen LogP contribution in [0.25, 0.3) is 0 Å². The second kappa shape index (κ2) is 9.11. The van der Waals surface area contributed by atoms with Gasteiger partial charge < -0.3 is 19.9 Å². The first-order valence-electron chi connectivity index (χ1n) is 9.68. The third-order valence-electron chi connectivity index (χ3n) is 4.99. The van der Waals surface area contributed by atoms with Crippen molar-refractivity contribution in [3.63, 3.8) is 0 Å². The number of thiazole rings is 1. The van der Waals surface area contributed by atoms with Gasteiger partial charge in [-0.25, -0.2) is 4.98 Å². The van der Waals surface area contributed by atoms with Gasteiger partial charge in [-0.1, -0.05) is 12.1 Å². The first kappa shape index (κ1) is 20.1. The fraction of sp³-hybridized carbons (Fsp3) is 0.333. The predicted octanol–water partition coefficient (Wildman–Crippen LogP) is 4.49. The van der Waals surface area contributed by atoms with Gasteiger partial charge >= 0.3 is 0 Å². The lowest BCUT2D eigenvalue weighted by atomic mass is 10.1. The van der Waals surface area contributed by atoms with Crippen LogP contribution in [0.1, 0.15) is 41.0 Å². The van der Waals surface area contributed by atoms with Crippen LogP contribution in [0.4, 0.5) is 10.8 Å². The zero-order valence-corrected chi connectivity index (χ0v) is 18.4. The third kappa shape index (κ3) is 4.88. The largest absolute Gasteiger partial charge is 0.392 e. The lowest BCUT2D eigenvalue weighted by molar-refractivity contribution is 0.101. The van der Waals surface area contributed by atoms with E-state index < -0.39 is 0 Å². The summed E-state index contributed by atoms with van der Waals surface area (Å²) >= 11 is 5.15. The summed E-state index contributed by atoms with van der Waals surface area (Å²) in [5.41, 5.74) is 3.02. The second-order valence-corrected chi connectivity index (χ2v) is 8.90. The van der Waals surface area contributed by atoms with Crippen LogP contribution in [0.5, 0.6) is 0 Å². The van der Waals surface area contributed by atoms with Crippen molar-refractivity contribution in [1.29, 1.82) is 0 Å². The molecule has 6 nitrogen and oxygen atoms in total.